The maximum atomic E-state index is 14.1. The fourth-order valence-corrected chi connectivity index (χ4v) is 2.26. The number of nitrogens with zero attached hydrogens (tertiary/aromatic N) is 1. The molecular formula is C15H11ClFN3. The highest BCUT2D eigenvalue weighted by molar-refractivity contribution is 6.31. The quantitative estimate of drug-likeness (QED) is 0.554. The van der Waals surface area contributed by atoms with Crippen molar-refractivity contribution in [2.75, 3.05) is 5.43 Å². The van der Waals surface area contributed by atoms with Gasteiger partial charge in [-0.2, -0.15) is 0 Å². The fraction of sp³-hybridized carbons (Fsp3) is 0. The van der Waals surface area contributed by atoms with E-state index in [0.29, 0.717) is 16.8 Å². The molecule has 0 saturated heterocycles. The van der Waals surface area contributed by atoms with Crippen molar-refractivity contribution in [2.24, 2.45) is 5.84 Å². The van der Waals surface area contributed by atoms with Gasteiger partial charge in [0.1, 0.15) is 5.52 Å². The minimum atomic E-state index is -0.543. The molecule has 3 nitrogen and oxygen atoms in total. The van der Waals surface area contributed by atoms with E-state index in [9.17, 15) is 4.39 Å². The lowest BCUT2D eigenvalue weighted by Crippen LogP contribution is -2.08. The lowest BCUT2D eigenvalue weighted by Gasteiger charge is -2.10. The van der Waals surface area contributed by atoms with Crippen LogP contribution in [0.5, 0.6) is 0 Å². The molecule has 0 bridgehead atoms. The van der Waals surface area contributed by atoms with Gasteiger partial charge in [-0.1, -0.05) is 41.9 Å². The maximum absolute atomic E-state index is 14.1. The molecule has 1 aromatic heterocycles. The van der Waals surface area contributed by atoms with E-state index >= 15 is 0 Å². The summed E-state index contributed by atoms with van der Waals surface area (Å²) in [5, 5.41) is 0.632. The minimum absolute atomic E-state index is 0.0400. The third-order valence-electron chi connectivity index (χ3n) is 3.10. The third kappa shape index (κ3) is 2.09. The first-order chi connectivity index (χ1) is 9.70. The number of nitrogens with one attached hydrogen (secondary N) is 1. The molecule has 0 unspecified atom stereocenters. The van der Waals surface area contributed by atoms with Crippen LogP contribution < -0.4 is 11.3 Å². The van der Waals surface area contributed by atoms with Gasteiger partial charge >= 0.3 is 0 Å². The molecule has 20 heavy (non-hydrogen) atoms. The summed E-state index contributed by atoms with van der Waals surface area (Å²) in [6, 6.07) is 14.5. The van der Waals surface area contributed by atoms with E-state index in [1.165, 1.54) is 6.07 Å². The Bertz CT molecular complexity index is 775. The van der Waals surface area contributed by atoms with Gasteiger partial charge in [0.05, 0.1) is 16.4 Å². The molecule has 100 valence electrons. The average molecular weight is 288 g/mol. The van der Waals surface area contributed by atoms with Crippen LogP contribution in [0.1, 0.15) is 0 Å². The Kier molecular flexibility index (Phi) is 3.26. The van der Waals surface area contributed by atoms with Crippen LogP contribution >= 0.6 is 11.6 Å². The van der Waals surface area contributed by atoms with Gasteiger partial charge in [0.25, 0.3) is 0 Å². The molecule has 3 aromatic rings. The molecule has 5 heteroatoms. The Morgan fingerprint density at radius 3 is 2.55 bits per heavy atom. The summed E-state index contributed by atoms with van der Waals surface area (Å²) in [5.41, 5.74) is 4.89. The Labute approximate surface area is 120 Å². The molecule has 1 heterocycles. The van der Waals surface area contributed by atoms with E-state index in [0.717, 1.165) is 5.56 Å². The minimum Gasteiger partial charge on any atom is -0.323 e. The molecule has 0 fully saturated rings. The van der Waals surface area contributed by atoms with Crippen LogP contribution in [0.3, 0.4) is 0 Å². The van der Waals surface area contributed by atoms with Gasteiger partial charge in [-0.25, -0.2) is 9.37 Å². The van der Waals surface area contributed by atoms with Gasteiger partial charge in [0.15, 0.2) is 5.82 Å². The van der Waals surface area contributed by atoms with Crippen molar-refractivity contribution in [3.05, 3.63) is 59.4 Å². The van der Waals surface area contributed by atoms with Crippen molar-refractivity contribution in [1.29, 1.82) is 0 Å². The van der Waals surface area contributed by atoms with E-state index in [2.05, 4.69) is 10.4 Å². The van der Waals surface area contributed by atoms with Crippen LogP contribution in [0.2, 0.25) is 5.02 Å². The number of hydrogen-bond donors (Lipinski definition) is 2. The molecule has 3 rings (SSSR count). The lowest BCUT2D eigenvalue weighted by atomic mass is 10.1. The van der Waals surface area contributed by atoms with Gasteiger partial charge in [-0.3, -0.25) is 5.84 Å². The highest BCUT2D eigenvalue weighted by atomic mass is 35.5. The number of fused-ring (bicyclic) bond motifs is 1. The summed E-state index contributed by atoms with van der Waals surface area (Å²) in [6.45, 7) is 0. The first kappa shape index (κ1) is 12.8. The van der Waals surface area contributed by atoms with Gasteiger partial charge in [-0.15, -0.1) is 0 Å². The largest absolute Gasteiger partial charge is 0.323 e. The second-order valence-electron chi connectivity index (χ2n) is 4.32. The first-order valence-electron chi connectivity index (χ1n) is 6.01. The molecule has 2 aromatic carbocycles. The van der Waals surface area contributed by atoms with Gasteiger partial charge in [0, 0.05) is 10.9 Å². The second-order valence-corrected chi connectivity index (χ2v) is 4.73. The second kappa shape index (κ2) is 5.07. The highest BCUT2D eigenvalue weighted by Crippen LogP contribution is 2.31. The molecule has 0 aliphatic heterocycles. The molecule has 0 spiro atoms. The normalized spacial score (nSPS) is 10.8. The maximum Gasteiger partial charge on any atom is 0.168 e. The lowest BCUT2D eigenvalue weighted by molar-refractivity contribution is 0.637. The summed E-state index contributed by atoms with van der Waals surface area (Å²) in [4.78, 5) is 4.36. The molecule has 0 atom stereocenters. The van der Waals surface area contributed by atoms with Crippen molar-refractivity contribution in [1.82, 2.24) is 4.98 Å². The molecule has 3 N–H and O–H groups in total. The summed E-state index contributed by atoms with van der Waals surface area (Å²) in [6.07, 6.45) is 0. The van der Waals surface area contributed by atoms with Crippen LogP contribution in [-0.4, -0.2) is 4.98 Å². The van der Waals surface area contributed by atoms with Crippen LogP contribution in [0.15, 0.2) is 48.5 Å². The number of halogens is 2. The number of aromatic nitrogens is 1. The fourth-order valence-electron chi connectivity index (χ4n) is 2.11. The summed E-state index contributed by atoms with van der Waals surface area (Å²) in [5.74, 6) is 4.97. The van der Waals surface area contributed by atoms with E-state index in [4.69, 9.17) is 17.4 Å². The molecule has 0 saturated carbocycles. The van der Waals surface area contributed by atoms with Crippen LogP contribution in [-0.2, 0) is 0 Å². The zero-order valence-corrected chi connectivity index (χ0v) is 11.2. The van der Waals surface area contributed by atoms with Crippen molar-refractivity contribution in [3.63, 3.8) is 0 Å². The topological polar surface area (TPSA) is 50.9 Å². The van der Waals surface area contributed by atoms with Crippen molar-refractivity contribution in [2.45, 2.75) is 0 Å². The number of nitrogens with two attached hydrogens (primary N) is 1. The standard InChI is InChI=1S/C15H11ClFN3/c16-11-7-6-10-13(20-18)8-12(19-15(10)14(11)17)9-4-2-1-3-5-9/h1-8H,18H2,(H,19,20). The van der Waals surface area contributed by atoms with E-state index in [-0.39, 0.29) is 10.5 Å². The highest BCUT2D eigenvalue weighted by Gasteiger charge is 2.12. The van der Waals surface area contributed by atoms with Crippen molar-refractivity contribution >= 4 is 28.2 Å². The summed E-state index contributed by atoms with van der Waals surface area (Å²) in [7, 11) is 0. The third-order valence-corrected chi connectivity index (χ3v) is 3.39. The summed E-state index contributed by atoms with van der Waals surface area (Å²) >= 11 is 5.81. The molecular weight excluding hydrogens is 277 g/mol. The summed E-state index contributed by atoms with van der Waals surface area (Å²) < 4.78 is 14.1. The van der Waals surface area contributed by atoms with Gasteiger partial charge < -0.3 is 5.43 Å². The Morgan fingerprint density at radius 1 is 1.10 bits per heavy atom. The predicted octanol–water partition coefficient (Wildman–Crippen LogP) is 3.98. The SMILES string of the molecule is NNc1cc(-c2ccccc2)nc2c(F)c(Cl)ccc12. The van der Waals surface area contributed by atoms with Crippen LogP contribution in [0.25, 0.3) is 22.2 Å². The van der Waals surface area contributed by atoms with Crippen molar-refractivity contribution < 1.29 is 4.39 Å². The molecule has 0 aliphatic rings. The number of rotatable bonds is 2. The average Bonchev–Trinajstić information content (AvgIpc) is 2.51. The molecule has 0 aliphatic carbocycles. The van der Waals surface area contributed by atoms with Gasteiger partial charge in [0.2, 0.25) is 0 Å². The first-order valence-corrected chi connectivity index (χ1v) is 6.39. The number of hydrazine groups is 1. The van der Waals surface area contributed by atoms with Crippen molar-refractivity contribution in [3.8, 4) is 11.3 Å². The zero-order valence-electron chi connectivity index (χ0n) is 10.4. The van der Waals surface area contributed by atoms with E-state index in [1.54, 1.807) is 12.1 Å². The Balaban J connectivity index is 2.33. The Morgan fingerprint density at radius 2 is 1.85 bits per heavy atom. The predicted molar refractivity (Wildman–Crippen MR) is 80.0 cm³/mol. The molecule has 0 radical (unpaired) electrons. The van der Waals surface area contributed by atoms with E-state index in [1.807, 2.05) is 30.3 Å². The number of anilines is 1. The van der Waals surface area contributed by atoms with Crippen LogP contribution in [0.4, 0.5) is 10.1 Å². The smallest absolute Gasteiger partial charge is 0.168 e. The zero-order chi connectivity index (χ0) is 14.1. The monoisotopic (exact) mass is 287 g/mol. The number of nitrogen functional groups attached to an aromatic ring is 1. The number of pyridine rings is 1. The Hall–Kier alpha value is -2.17. The molecule has 0 amide bonds. The van der Waals surface area contributed by atoms with E-state index < -0.39 is 5.82 Å². The number of hydrogen-bond acceptors (Lipinski definition) is 3. The van der Waals surface area contributed by atoms with Gasteiger partial charge in [-0.05, 0) is 18.2 Å². The van der Waals surface area contributed by atoms with Crippen LogP contribution in [0, 0.1) is 5.82 Å². The number of benzene rings is 2.